The van der Waals surface area contributed by atoms with E-state index in [1.165, 1.54) is 12.8 Å². The van der Waals surface area contributed by atoms with Crippen molar-refractivity contribution in [2.75, 3.05) is 13.1 Å². The maximum Gasteiger partial charge on any atom is 0.226 e. The van der Waals surface area contributed by atoms with Crippen molar-refractivity contribution in [3.05, 3.63) is 0 Å². The lowest BCUT2D eigenvalue weighted by Gasteiger charge is -2.21. The topological polar surface area (TPSA) is 55.1 Å². The summed E-state index contributed by atoms with van der Waals surface area (Å²) in [6, 6.07) is 0. The van der Waals surface area contributed by atoms with Crippen LogP contribution in [0.3, 0.4) is 0 Å². The van der Waals surface area contributed by atoms with Gasteiger partial charge in [-0.15, -0.1) is 0 Å². The van der Waals surface area contributed by atoms with Crippen LogP contribution in [0.4, 0.5) is 0 Å². The second kappa shape index (κ2) is 5.97. The summed E-state index contributed by atoms with van der Waals surface area (Å²) in [4.78, 5) is 11.5. The number of hydrogen-bond acceptors (Lipinski definition) is 2. The molecule has 0 aliphatic carbocycles. The van der Waals surface area contributed by atoms with Crippen LogP contribution in [0.5, 0.6) is 0 Å². The molecule has 0 aromatic heterocycles. The van der Waals surface area contributed by atoms with Crippen LogP contribution in [0.1, 0.15) is 40.0 Å². The first kappa shape index (κ1) is 12.4. The molecule has 0 unspecified atom stereocenters. The minimum Gasteiger partial charge on any atom is -0.356 e. The summed E-state index contributed by atoms with van der Waals surface area (Å²) < 4.78 is 0. The van der Waals surface area contributed by atoms with Crippen LogP contribution in [-0.4, -0.2) is 19.0 Å². The molecule has 1 amide bonds. The van der Waals surface area contributed by atoms with Gasteiger partial charge >= 0.3 is 0 Å². The Morgan fingerprint density at radius 3 is 2.46 bits per heavy atom. The van der Waals surface area contributed by atoms with Gasteiger partial charge in [-0.25, -0.2) is 0 Å². The van der Waals surface area contributed by atoms with Crippen molar-refractivity contribution in [1.82, 2.24) is 5.32 Å². The number of amides is 1. The van der Waals surface area contributed by atoms with E-state index < -0.39 is 5.41 Å². The Morgan fingerprint density at radius 1 is 1.38 bits per heavy atom. The van der Waals surface area contributed by atoms with E-state index >= 15 is 0 Å². The van der Waals surface area contributed by atoms with Crippen LogP contribution in [0, 0.1) is 5.41 Å². The van der Waals surface area contributed by atoms with Gasteiger partial charge < -0.3 is 11.1 Å². The van der Waals surface area contributed by atoms with Crippen LogP contribution in [-0.2, 0) is 4.79 Å². The van der Waals surface area contributed by atoms with Crippen LogP contribution in [0.15, 0.2) is 0 Å². The average molecular weight is 186 g/mol. The number of rotatable bonds is 6. The molecular weight excluding hydrogens is 164 g/mol. The molecule has 0 saturated carbocycles. The number of unbranched alkanes of at least 4 members (excludes halogenated alkanes) is 2. The highest BCUT2D eigenvalue weighted by atomic mass is 16.2. The van der Waals surface area contributed by atoms with Crippen LogP contribution < -0.4 is 11.1 Å². The first-order valence-electron chi connectivity index (χ1n) is 5.03. The first-order chi connectivity index (χ1) is 6.04. The van der Waals surface area contributed by atoms with Gasteiger partial charge in [-0.2, -0.15) is 0 Å². The molecule has 0 bridgehead atoms. The predicted molar refractivity (Wildman–Crippen MR) is 55.4 cm³/mol. The summed E-state index contributed by atoms with van der Waals surface area (Å²) >= 11 is 0. The maximum atomic E-state index is 11.5. The van der Waals surface area contributed by atoms with Crippen molar-refractivity contribution < 1.29 is 4.79 Å². The third-order valence-corrected chi connectivity index (χ3v) is 2.19. The lowest BCUT2D eigenvalue weighted by atomic mass is 9.93. The molecule has 0 rings (SSSR count). The van der Waals surface area contributed by atoms with E-state index in [0.717, 1.165) is 13.0 Å². The van der Waals surface area contributed by atoms with Crippen molar-refractivity contribution in [3.63, 3.8) is 0 Å². The Bertz CT molecular complexity index is 155. The Morgan fingerprint density at radius 2 is 2.00 bits per heavy atom. The van der Waals surface area contributed by atoms with Gasteiger partial charge in [-0.05, 0) is 20.3 Å². The normalized spacial score (nSPS) is 11.4. The zero-order valence-corrected chi connectivity index (χ0v) is 9.02. The molecule has 0 heterocycles. The molecule has 0 aromatic carbocycles. The third-order valence-electron chi connectivity index (χ3n) is 2.19. The van der Waals surface area contributed by atoms with Crippen LogP contribution >= 0.6 is 0 Å². The quantitative estimate of drug-likeness (QED) is 0.614. The van der Waals surface area contributed by atoms with Gasteiger partial charge in [-0.1, -0.05) is 19.8 Å². The van der Waals surface area contributed by atoms with E-state index in [1.807, 2.05) is 13.8 Å². The minimum absolute atomic E-state index is 0.0612. The molecular formula is C10H22N2O. The maximum absolute atomic E-state index is 11.5. The number of nitrogens with two attached hydrogens (primary N) is 1. The fraction of sp³-hybridized carbons (Fsp3) is 0.900. The summed E-state index contributed by atoms with van der Waals surface area (Å²) in [7, 11) is 0. The molecule has 0 aliphatic rings. The number of nitrogens with one attached hydrogen (secondary N) is 1. The molecule has 0 fully saturated rings. The van der Waals surface area contributed by atoms with Crippen molar-refractivity contribution in [3.8, 4) is 0 Å². The number of hydrogen-bond donors (Lipinski definition) is 2. The standard InChI is InChI=1S/C10H22N2O/c1-4-5-6-7-12-9(13)10(2,3)8-11/h4-8,11H2,1-3H3,(H,12,13). The van der Waals surface area contributed by atoms with Crippen molar-refractivity contribution in [2.45, 2.75) is 40.0 Å². The lowest BCUT2D eigenvalue weighted by molar-refractivity contribution is -0.128. The Balaban J connectivity index is 3.62. The largest absolute Gasteiger partial charge is 0.356 e. The Hall–Kier alpha value is -0.570. The molecule has 0 aliphatic heterocycles. The summed E-state index contributed by atoms with van der Waals surface area (Å²) in [6.07, 6.45) is 3.41. The zero-order chi connectivity index (χ0) is 10.3. The van der Waals surface area contributed by atoms with Crippen molar-refractivity contribution in [2.24, 2.45) is 11.1 Å². The smallest absolute Gasteiger partial charge is 0.226 e. The highest BCUT2D eigenvalue weighted by Gasteiger charge is 2.24. The summed E-state index contributed by atoms with van der Waals surface area (Å²) in [5, 5.41) is 2.89. The van der Waals surface area contributed by atoms with Crippen molar-refractivity contribution in [1.29, 1.82) is 0 Å². The zero-order valence-electron chi connectivity index (χ0n) is 9.02. The second-order valence-corrected chi connectivity index (χ2v) is 4.05. The van der Waals surface area contributed by atoms with Gasteiger partial charge in [-0.3, -0.25) is 4.79 Å². The highest BCUT2D eigenvalue weighted by Crippen LogP contribution is 2.11. The molecule has 0 spiro atoms. The second-order valence-electron chi connectivity index (χ2n) is 4.05. The van der Waals surface area contributed by atoms with Gasteiger partial charge in [0.1, 0.15) is 0 Å². The Labute approximate surface area is 81.1 Å². The fourth-order valence-corrected chi connectivity index (χ4v) is 0.909. The molecule has 0 saturated heterocycles. The van der Waals surface area contributed by atoms with E-state index in [4.69, 9.17) is 5.73 Å². The lowest BCUT2D eigenvalue weighted by Crippen LogP contribution is -2.42. The molecule has 3 N–H and O–H groups in total. The van der Waals surface area contributed by atoms with Gasteiger partial charge in [0.2, 0.25) is 5.91 Å². The average Bonchev–Trinajstić information content (AvgIpc) is 2.12. The third kappa shape index (κ3) is 4.88. The minimum atomic E-state index is -0.424. The van der Waals surface area contributed by atoms with Crippen molar-refractivity contribution >= 4 is 5.91 Å². The van der Waals surface area contributed by atoms with E-state index in [2.05, 4.69) is 12.2 Å². The molecule has 0 radical (unpaired) electrons. The molecule has 3 heteroatoms. The van der Waals surface area contributed by atoms with Crippen LogP contribution in [0.2, 0.25) is 0 Å². The molecule has 0 atom stereocenters. The number of carbonyl (C=O) groups excluding carboxylic acids is 1. The molecule has 3 nitrogen and oxygen atoms in total. The van der Waals surface area contributed by atoms with Gasteiger partial charge in [0.05, 0.1) is 5.41 Å². The van der Waals surface area contributed by atoms with E-state index in [-0.39, 0.29) is 5.91 Å². The van der Waals surface area contributed by atoms with Gasteiger partial charge in [0, 0.05) is 13.1 Å². The monoisotopic (exact) mass is 186 g/mol. The predicted octanol–water partition coefficient (Wildman–Crippen LogP) is 1.28. The fourth-order valence-electron chi connectivity index (χ4n) is 0.909. The molecule has 13 heavy (non-hydrogen) atoms. The molecule has 78 valence electrons. The molecule has 0 aromatic rings. The summed E-state index contributed by atoms with van der Waals surface area (Å²) in [5.41, 5.74) is 5.05. The van der Waals surface area contributed by atoms with E-state index in [0.29, 0.717) is 6.54 Å². The Kier molecular flexibility index (Phi) is 5.71. The SMILES string of the molecule is CCCCCNC(=O)C(C)(C)CN. The van der Waals surface area contributed by atoms with Gasteiger partial charge in [0.25, 0.3) is 0 Å². The summed E-state index contributed by atoms with van der Waals surface area (Å²) in [5.74, 6) is 0.0612. The van der Waals surface area contributed by atoms with E-state index in [1.54, 1.807) is 0 Å². The van der Waals surface area contributed by atoms with Gasteiger partial charge in [0.15, 0.2) is 0 Å². The number of carbonyl (C=O) groups is 1. The summed E-state index contributed by atoms with van der Waals surface area (Å²) in [6.45, 7) is 7.04. The van der Waals surface area contributed by atoms with Crippen LogP contribution in [0.25, 0.3) is 0 Å². The van der Waals surface area contributed by atoms with E-state index in [9.17, 15) is 4.79 Å². The first-order valence-corrected chi connectivity index (χ1v) is 5.03. The highest BCUT2D eigenvalue weighted by molar-refractivity contribution is 5.81.